The average molecular weight is 326 g/mol. The molecule has 124 valence electrons. The topological polar surface area (TPSA) is 13.1 Å². The minimum Gasteiger partial charge on any atom is -0.456 e. The highest BCUT2D eigenvalue weighted by Gasteiger charge is 2.31. The number of furan rings is 1. The van der Waals surface area contributed by atoms with E-state index in [0.29, 0.717) is 0 Å². The zero-order chi connectivity index (χ0) is 17.3. The van der Waals surface area contributed by atoms with Crippen LogP contribution in [0.15, 0.2) is 52.9 Å². The van der Waals surface area contributed by atoms with Gasteiger partial charge in [0.15, 0.2) is 0 Å². The summed E-state index contributed by atoms with van der Waals surface area (Å²) in [6.45, 7) is 9.14. The SMILES string of the molecule is Cc1c2c(c3c(oc4ccccc43)c1C(C)(C)C)-c1ccccc1C2. The molecule has 0 unspecified atom stereocenters. The monoisotopic (exact) mass is 326 g/mol. The molecule has 0 aliphatic heterocycles. The maximum atomic E-state index is 6.43. The lowest BCUT2D eigenvalue weighted by Gasteiger charge is -2.24. The van der Waals surface area contributed by atoms with Gasteiger partial charge in [-0.2, -0.15) is 0 Å². The third kappa shape index (κ3) is 1.90. The normalized spacial score (nSPS) is 13.4. The molecule has 0 saturated heterocycles. The van der Waals surface area contributed by atoms with Crippen LogP contribution in [-0.2, 0) is 11.8 Å². The van der Waals surface area contributed by atoms with E-state index >= 15 is 0 Å². The Morgan fingerprint density at radius 1 is 0.920 bits per heavy atom. The van der Waals surface area contributed by atoms with Crippen LogP contribution < -0.4 is 0 Å². The van der Waals surface area contributed by atoms with Crippen LogP contribution in [0.5, 0.6) is 0 Å². The van der Waals surface area contributed by atoms with Gasteiger partial charge in [-0.05, 0) is 52.6 Å². The van der Waals surface area contributed by atoms with Crippen LogP contribution in [0.3, 0.4) is 0 Å². The summed E-state index contributed by atoms with van der Waals surface area (Å²) in [6, 6.07) is 17.3. The number of benzene rings is 3. The minimum absolute atomic E-state index is 0.0417. The molecule has 0 spiro atoms. The Bertz CT molecular complexity index is 1150. The molecular formula is C24H22O. The number of para-hydroxylation sites is 1. The second-order valence-corrected chi connectivity index (χ2v) is 8.24. The van der Waals surface area contributed by atoms with Crippen LogP contribution in [0, 0.1) is 6.92 Å². The Balaban J connectivity index is 2.07. The Kier molecular flexibility index (Phi) is 2.81. The summed E-state index contributed by atoms with van der Waals surface area (Å²) >= 11 is 0. The van der Waals surface area contributed by atoms with E-state index in [1.807, 2.05) is 0 Å². The van der Waals surface area contributed by atoms with Crippen LogP contribution in [-0.4, -0.2) is 0 Å². The predicted octanol–water partition coefficient (Wildman–Crippen LogP) is 6.76. The summed E-state index contributed by atoms with van der Waals surface area (Å²) in [5.41, 5.74) is 10.5. The van der Waals surface area contributed by atoms with Gasteiger partial charge in [0.25, 0.3) is 0 Å². The fraction of sp³-hybridized carbons (Fsp3) is 0.250. The van der Waals surface area contributed by atoms with E-state index in [1.165, 1.54) is 44.2 Å². The van der Waals surface area contributed by atoms with Gasteiger partial charge in [0.05, 0.1) is 0 Å². The molecule has 1 aliphatic rings. The van der Waals surface area contributed by atoms with Crippen molar-refractivity contribution in [3.63, 3.8) is 0 Å². The Labute approximate surface area is 148 Å². The molecule has 1 aliphatic carbocycles. The van der Waals surface area contributed by atoms with Crippen molar-refractivity contribution in [2.24, 2.45) is 0 Å². The zero-order valence-corrected chi connectivity index (χ0v) is 15.2. The molecule has 1 heteroatoms. The van der Waals surface area contributed by atoms with Crippen LogP contribution in [0.1, 0.15) is 43.0 Å². The smallest absolute Gasteiger partial charge is 0.140 e. The van der Waals surface area contributed by atoms with Gasteiger partial charge in [0.2, 0.25) is 0 Å². The van der Waals surface area contributed by atoms with E-state index in [2.05, 4.69) is 76.2 Å². The van der Waals surface area contributed by atoms with Gasteiger partial charge in [0, 0.05) is 16.3 Å². The third-order valence-electron chi connectivity index (χ3n) is 5.61. The molecule has 4 aromatic rings. The van der Waals surface area contributed by atoms with Crippen molar-refractivity contribution in [2.45, 2.75) is 39.5 Å². The van der Waals surface area contributed by atoms with Crippen molar-refractivity contribution < 1.29 is 4.42 Å². The molecule has 0 N–H and O–H groups in total. The maximum absolute atomic E-state index is 6.43. The first-order valence-electron chi connectivity index (χ1n) is 9.02. The maximum Gasteiger partial charge on any atom is 0.140 e. The van der Waals surface area contributed by atoms with Gasteiger partial charge in [-0.15, -0.1) is 0 Å². The van der Waals surface area contributed by atoms with Crippen molar-refractivity contribution >= 4 is 21.9 Å². The van der Waals surface area contributed by atoms with Gasteiger partial charge in [-0.25, -0.2) is 0 Å². The lowest BCUT2D eigenvalue weighted by molar-refractivity contribution is 0.568. The largest absolute Gasteiger partial charge is 0.456 e. The van der Waals surface area contributed by atoms with Gasteiger partial charge < -0.3 is 4.42 Å². The first-order chi connectivity index (χ1) is 12.0. The number of fused-ring (bicyclic) bond motifs is 7. The van der Waals surface area contributed by atoms with E-state index in [-0.39, 0.29) is 5.41 Å². The van der Waals surface area contributed by atoms with Gasteiger partial charge in [-0.1, -0.05) is 63.2 Å². The molecule has 1 heterocycles. The second-order valence-electron chi connectivity index (χ2n) is 8.24. The van der Waals surface area contributed by atoms with Crippen molar-refractivity contribution in [3.05, 3.63) is 70.8 Å². The standard InChI is InChI=1S/C24H22O/c1-14-18-13-15-9-5-6-10-16(15)20(18)21-17-11-7-8-12-19(17)25-23(21)22(14)24(2,3)4/h5-12H,13H2,1-4H3. The van der Waals surface area contributed by atoms with Crippen LogP contribution in [0.25, 0.3) is 33.1 Å². The molecule has 0 atom stereocenters. The highest BCUT2D eigenvalue weighted by atomic mass is 16.3. The van der Waals surface area contributed by atoms with Gasteiger partial charge in [-0.3, -0.25) is 0 Å². The molecule has 25 heavy (non-hydrogen) atoms. The van der Waals surface area contributed by atoms with Crippen molar-refractivity contribution in [2.75, 3.05) is 0 Å². The summed E-state index contributed by atoms with van der Waals surface area (Å²) in [6.07, 6.45) is 1.02. The van der Waals surface area contributed by atoms with Gasteiger partial charge >= 0.3 is 0 Å². The van der Waals surface area contributed by atoms with Gasteiger partial charge in [0.1, 0.15) is 11.2 Å². The summed E-state index contributed by atoms with van der Waals surface area (Å²) in [7, 11) is 0. The molecule has 5 rings (SSSR count). The summed E-state index contributed by atoms with van der Waals surface area (Å²) < 4.78 is 6.43. The Morgan fingerprint density at radius 2 is 1.64 bits per heavy atom. The molecule has 1 aromatic heterocycles. The van der Waals surface area contributed by atoms with E-state index in [4.69, 9.17) is 4.42 Å². The number of rotatable bonds is 0. The van der Waals surface area contributed by atoms with Crippen LogP contribution in [0.4, 0.5) is 0 Å². The van der Waals surface area contributed by atoms with Crippen molar-refractivity contribution in [3.8, 4) is 11.1 Å². The molecule has 0 bridgehead atoms. The van der Waals surface area contributed by atoms with E-state index in [1.54, 1.807) is 0 Å². The first-order valence-corrected chi connectivity index (χ1v) is 9.02. The lowest BCUT2D eigenvalue weighted by Crippen LogP contribution is -2.15. The number of hydrogen-bond donors (Lipinski definition) is 0. The quantitative estimate of drug-likeness (QED) is 0.306. The third-order valence-corrected chi connectivity index (χ3v) is 5.61. The summed E-state index contributed by atoms with van der Waals surface area (Å²) in [4.78, 5) is 0. The Hall–Kier alpha value is -2.54. The molecular weight excluding hydrogens is 304 g/mol. The van der Waals surface area contributed by atoms with Crippen molar-refractivity contribution in [1.29, 1.82) is 0 Å². The average Bonchev–Trinajstić information content (AvgIpc) is 3.11. The van der Waals surface area contributed by atoms with Crippen LogP contribution in [0.2, 0.25) is 0 Å². The fourth-order valence-electron chi connectivity index (χ4n) is 4.66. The van der Waals surface area contributed by atoms with E-state index in [9.17, 15) is 0 Å². The molecule has 0 saturated carbocycles. The molecule has 0 radical (unpaired) electrons. The number of hydrogen-bond acceptors (Lipinski definition) is 1. The van der Waals surface area contributed by atoms with Crippen molar-refractivity contribution in [1.82, 2.24) is 0 Å². The molecule has 0 fully saturated rings. The zero-order valence-electron chi connectivity index (χ0n) is 15.2. The second kappa shape index (κ2) is 4.76. The fourth-order valence-corrected chi connectivity index (χ4v) is 4.66. The summed E-state index contributed by atoms with van der Waals surface area (Å²) in [5.74, 6) is 0. The molecule has 3 aromatic carbocycles. The molecule has 0 amide bonds. The summed E-state index contributed by atoms with van der Waals surface area (Å²) in [5, 5.41) is 2.53. The lowest BCUT2D eigenvalue weighted by atomic mass is 9.79. The highest BCUT2D eigenvalue weighted by Crippen LogP contribution is 2.50. The predicted molar refractivity (Wildman–Crippen MR) is 105 cm³/mol. The molecule has 1 nitrogen and oxygen atoms in total. The Morgan fingerprint density at radius 3 is 2.44 bits per heavy atom. The highest BCUT2D eigenvalue weighted by molar-refractivity contribution is 6.16. The minimum atomic E-state index is 0.0417. The van der Waals surface area contributed by atoms with E-state index < -0.39 is 0 Å². The van der Waals surface area contributed by atoms with Crippen LogP contribution >= 0.6 is 0 Å². The van der Waals surface area contributed by atoms with E-state index in [0.717, 1.165) is 17.6 Å². The first kappa shape index (κ1) is 14.8.